The highest BCUT2D eigenvalue weighted by molar-refractivity contribution is 7.72. The van der Waals surface area contributed by atoms with Crippen LogP contribution in [0.3, 0.4) is 0 Å². The molecule has 0 aliphatic rings. The fourth-order valence-corrected chi connectivity index (χ4v) is 5.81. The molecular formula is C18H37NO11P2. The lowest BCUT2D eigenvalue weighted by Crippen LogP contribution is -2.32. The van der Waals surface area contributed by atoms with Gasteiger partial charge in [-0.05, 0) is 25.8 Å². The second kappa shape index (κ2) is 15.9. The van der Waals surface area contributed by atoms with Gasteiger partial charge in [0.25, 0.3) is 5.08 Å². The van der Waals surface area contributed by atoms with Gasteiger partial charge in [-0.25, -0.2) is 0 Å². The van der Waals surface area contributed by atoms with Crippen molar-refractivity contribution in [2.45, 2.75) is 83.1 Å². The number of hydrogen-bond acceptors (Lipinski definition) is 10. The van der Waals surface area contributed by atoms with Gasteiger partial charge < -0.3 is 30.1 Å². The summed E-state index contributed by atoms with van der Waals surface area (Å²) >= 11 is 0. The number of carbonyl (C=O) groups excluding carboxylic acids is 2. The van der Waals surface area contributed by atoms with Gasteiger partial charge in [-0.3, -0.25) is 27.8 Å². The SMILES string of the molecule is CCCCCC(=O)OCOP(=O)(O)C(O)(CCCN)P(=O)(O)OCOC(=O)CCCCC. The van der Waals surface area contributed by atoms with E-state index in [9.17, 15) is 33.6 Å². The van der Waals surface area contributed by atoms with Crippen molar-refractivity contribution < 1.29 is 52.1 Å². The summed E-state index contributed by atoms with van der Waals surface area (Å²) in [5.41, 5.74) is 5.34. The molecule has 0 heterocycles. The highest BCUT2D eigenvalue weighted by atomic mass is 31.2. The van der Waals surface area contributed by atoms with Gasteiger partial charge >= 0.3 is 27.1 Å². The molecule has 0 saturated carbocycles. The lowest BCUT2D eigenvalue weighted by Gasteiger charge is -2.33. The van der Waals surface area contributed by atoms with Crippen LogP contribution in [0.25, 0.3) is 0 Å². The molecule has 32 heavy (non-hydrogen) atoms. The van der Waals surface area contributed by atoms with Crippen molar-refractivity contribution >= 4 is 27.1 Å². The molecule has 0 spiro atoms. The van der Waals surface area contributed by atoms with Crippen LogP contribution in [0.4, 0.5) is 0 Å². The maximum absolute atomic E-state index is 12.6. The van der Waals surface area contributed by atoms with Gasteiger partial charge in [0.15, 0.2) is 0 Å². The molecule has 12 nitrogen and oxygen atoms in total. The molecule has 0 rings (SSSR count). The zero-order valence-electron chi connectivity index (χ0n) is 18.8. The van der Waals surface area contributed by atoms with Gasteiger partial charge in [-0.2, -0.15) is 0 Å². The molecule has 14 heteroatoms. The predicted molar refractivity (Wildman–Crippen MR) is 115 cm³/mol. The van der Waals surface area contributed by atoms with Crippen molar-refractivity contribution in [3.63, 3.8) is 0 Å². The smallest absolute Gasteiger partial charge is 0.374 e. The van der Waals surface area contributed by atoms with E-state index in [0.29, 0.717) is 12.8 Å². The Morgan fingerprint density at radius 3 is 1.56 bits per heavy atom. The third-order valence-electron chi connectivity index (χ3n) is 4.49. The maximum Gasteiger partial charge on any atom is 0.374 e. The van der Waals surface area contributed by atoms with Crippen LogP contribution in [0.2, 0.25) is 0 Å². The average Bonchev–Trinajstić information content (AvgIpc) is 2.71. The van der Waals surface area contributed by atoms with Crippen LogP contribution < -0.4 is 5.73 Å². The Labute approximate surface area is 188 Å². The van der Waals surface area contributed by atoms with Crippen LogP contribution in [0.1, 0.15) is 78.1 Å². The van der Waals surface area contributed by atoms with E-state index in [0.717, 1.165) is 25.7 Å². The van der Waals surface area contributed by atoms with Crippen molar-refractivity contribution in [3.05, 3.63) is 0 Å². The molecule has 2 atom stereocenters. The van der Waals surface area contributed by atoms with Crippen LogP contribution in [-0.4, -0.2) is 52.0 Å². The minimum atomic E-state index is -5.30. The van der Waals surface area contributed by atoms with Crippen LogP contribution in [-0.2, 0) is 37.2 Å². The summed E-state index contributed by atoms with van der Waals surface area (Å²) in [6.07, 6.45) is 3.72. The normalized spacial score (nSPS) is 17.1. The lowest BCUT2D eigenvalue weighted by atomic mass is 10.2. The van der Waals surface area contributed by atoms with E-state index in [2.05, 4.69) is 18.5 Å². The third kappa shape index (κ3) is 10.9. The minimum absolute atomic E-state index is 0.0651. The summed E-state index contributed by atoms with van der Waals surface area (Å²) in [6.45, 7) is 1.77. The molecule has 0 aromatic carbocycles. The highest BCUT2D eigenvalue weighted by Crippen LogP contribution is 2.73. The Morgan fingerprint density at radius 2 is 1.22 bits per heavy atom. The highest BCUT2D eigenvalue weighted by Gasteiger charge is 2.62. The molecule has 0 fully saturated rings. The Hall–Kier alpha value is -0.840. The molecule has 5 N–H and O–H groups in total. The number of carbonyl (C=O) groups is 2. The van der Waals surface area contributed by atoms with Crippen LogP contribution >= 0.6 is 15.2 Å². The standard InChI is InChI=1S/C18H37NO11P2/c1-3-5-7-10-16(20)27-14-29-31(23,24)18(22,12-9-13-19)32(25,26)30-15-28-17(21)11-8-6-4-2/h22H,3-15,19H2,1-2H3,(H,23,24)(H,25,26). The van der Waals surface area contributed by atoms with E-state index in [1.54, 1.807) is 0 Å². The fourth-order valence-electron chi connectivity index (χ4n) is 2.50. The van der Waals surface area contributed by atoms with Gasteiger partial charge in [0.2, 0.25) is 13.6 Å². The van der Waals surface area contributed by atoms with Crippen molar-refractivity contribution in [3.8, 4) is 0 Å². The average molecular weight is 505 g/mol. The Bertz CT molecular complexity index is 611. The Kier molecular flexibility index (Phi) is 15.5. The molecule has 0 aliphatic heterocycles. The predicted octanol–water partition coefficient (Wildman–Crippen LogP) is 2.94. The van der Waals surface area contributed by atoms with E-state index in [1.807, 2.05) is 13.8 Å². The van der Waals surface area contributed by atoms with Gasteiger partial charge in [-0.15, -0.1) is 0 Å². The molecular weight excluding hydrogens is 468 g/mol. The largest absolute Gasteiger partial charge is 0.438 e. The zero-order chi connectivity index (χ0) is 24.7. The third-order valence-corrected chi connectivity index (χ3v) is 9.17. The molecule has 2 unspecified atom stereocenters. The van der Waals surface area contributed by atoms with E-state index < -0.39 is 52.2 Å². The van der Waals surface area contributed by atoms with Crippen molar-refractivity contribution in [1.29, 1.82) is 0 Å². The number of ether oxygens (including phenoxy) is 2. The second-order valence-electron chi connectivity index (χ2n) is 7.15. The van der Waals surface area contributed by atoms with Gasteiger partial charge in [0.05, 0.1) is 0 Å². The van der Waals surface area contributed by atoms with Crippen molar-refractivity contribution in [1.82, 2.24) is 0 Å². The van der Waals surface area contributed by atoms with E-state index >= 15 is 0 Å². The minimum Gasteiger partial charge on any atom is -0.438 e. The molecule has 0 amide bonds. The Balaban J connectivity index is 5.04. The first-order valence-corrected chi connectivity index (χ1v) is 13.8. The number of esters is 2. The molecule has 0 aromatic heterocycles. The molecule has 0 radical (unpaired) electrons. The topological polar surface area (TPSA) is 192 Å². The van der Waals surface area contributed by atoms with E-state index in [4.69, 9.17) is 5.73 Å². The van der Waals surface area contributed by atoms with Crippen molar-refractivity contribution in [2.24, 2.45) is 5.73 Å². The van der Waals surface area contributed by atoms with Crippen molar-refractivity contribution in [2.75, 3.05) is 20.1 Å². The molecule has 0 aromatic rings. The first-order valence-electron chi connectivity index (χ1n) is 10.7. The number of nitrogens with two attached hydrogens (primary N) is 1. The Morgan fingerprint density at radius 1 is 0.812 bits per heavy atom. The molecule has 0 saturated heterocycles. The summed E-state index contributed by atoms with van der Waals surface area (Å²) in [5, 5.41) is 7.39. The number of hydrogen-bond donors (Lipinski definition) is 4. The van der Waals surface area contributed by atoms with Crippen LogP contribution in [0, 0.1) is 0 Å². The number of unbranched alkanes of at least 4 members (excludes halogenated alkanes) is 4. The quantitative estimate of drug-likeness (QED) is 0.0869. The maximum atomic E-state index is 12.6. The molecule has 190 valence electrons. The van der Waals surface area contributed by atoms with Gasteiger partial charge in [0, 0.05) is 19.3 Å². The summed E-state index contributed by atoms with van der Waals surface area (Å²) in [6, 6.07) is 0. The summed E-state index contributed by atoms with van der Waals surface area (Å²) in [4.78, 5) is 43.6. The summed E-state index contributed by atoms with van der Waals surface area (Å²) in [7, 11) is -10.6. The summed E-state index contributed by atoms with van der Waals surface area (Å²) in [5.74, 6) is -1.38. The lowest BCUT2D eigenvalue weighted by molar-refractivity contribution is -0.151. The zero-order valence-corrected chi connectivity index (χ0v) is 20.6. The van der Waals surface area contributed by atoms with E-state index in [-0.39, 0.29) is 25.8 Å². The van der Waals surface area contributed by atoms with E-state index in [1.165, 1.54) is 0 Å². The fraction of sp³-hybridized carbons (Fsp3) is 0.889. The summed E-state index contributed by atoms with van der Waals surface area (Å²) < 4.78 is 43.8. The van der Waals surface area contributed by atoms with Crippen LogP contribution in [0.15, 0.2) is 0 Å². The first kappa shape index (κ1) is 31.2. The monoisotopic (exact) mass is 505 g/mol. The molecule has 0 aliphatic carbocycles. The molecule has 0 bridgehead atoms. The second-order valence-corrected chi connectivity index (χ2v) is 11.6. The van der Waals surface area contributed by atoms with Crippen LogP contribution in [0.5, 0.6) is 0 Å². The van der Waals surface area contributed by atoms with Gasteiger partial charge in [-0.1, -0.05) is 39.5 Å². The van der Waals surface area contributed by atoms with Gasteiger partial charge in [0.1, 0.15) is 0 Å². The first-order chi connectivity index (χ1) is 15.0. The number of aliphatic hydroxyl groups is 1. The number of rotatable bonds is 19.